The maximum atomic E-state index is 11.7. The van der Waals surface area contributed by atoms with E-state index in [1.165, 1.54) is 6.42 Å². The first kappa shape index (κ1) is 10.9. The zero-order valence-electron chi connectivity index (χ0n) is 9.11. The van der Waals surface area contributed by atoms with Crippen LogP contribution >= 0.6 is 0 Å². The van der Waals surface area contributed by atoms with Crippen molar-refractivity contribution in [2.75, 3.05) is 26.2 Å². The van der Waals surface area contributed by atoms with E-state index in [-0.39, 0.29) is 17.9 Å². The Bertz CT molecular complexity index is 257. The topological polar surface area (TPSA) is 66.6 Å². The highest BCUT2D eigenvalue weighted by Crippen LogP contribution is 2.48. The summed E-state index contributed by atoms with van der Waals surface area (Å²) in [4.78, 5) is 13.6. The van der Waals surface area contributed by atoms with Gasteiger partial charge in [-0.25, -0.2) is 0 Å². The van der Waals surface area contributed by atoms with E-state index in [4.69, 9.17) is 5.73 Å². The number of nitrogens with zero attached hydrogens (tertiary/aromatic N) is 1. The van der Waals surface area contributed by atoms with Crippen LogP contribution in [-0.4, -0.2) is 42.2 Å². The van der Waals surface area contributed by atoms with Gasteiger partial charge in [0, 0.05) is 31.5 Å². The molecule has 86 valence electrons. The largest absolute Gasteiger partial charge is 0.396 e. The minimum Gasteiger partial charge on any atom is -0.396 e. The normalized spacial score (nSPS) is 34.5. The Morgan fingerprint density at radius 1 is 1.60 bits per heavy atom. The zero-order valence-corrected chi connectivity index (χ0v) is 9.11. The van der Waals surface area contributed by atoms with E-state index < -0.39 is 0 Å². The Balaban J connectivity index is 2.01. The number of fused-ring (bicyclic) bond motifs is 1. The molecule has 4 heteroatoms. The van der Waals surface area contributed by atoms with Gasteiger partial charge in [0.1, 0.15) is 0 Å². The summed E-state index contributed by atoms with van der Waals surface area (Å²) >= 11 is 0. The maximum absolute atomic E-state index is 11.7. The van der Waals surface area contributed by atoms with E-state index >= 15 is 0 Å². The minimum absolute atomic E-state index is 0.0181. The Kier molecular flexibility index (Phi) is 2.98. The van der Waals surface area contributed by atoms with Crippen molar-refractivity contribution in [2.45, 2.75) is 25.7 Å². The molecule has 1 heterocycles. The van der Waals surface area contributed by atoms with Crippen LogP contribution in [0.25, 0.3) is 0 Å². The molecule has 0 aromatic heterocycles. The van der Waals surface area contributed by atoms with Gasteiger partial charge in [-0.1, -0.05) is 6.42 Å². The Hall–Kier alpha value is -0.610. The van der Waals surface area contributed by atoms with Gasteiger partial charge in [-0.15, -0.1) is 0 Å². The standard InChI is InChI=1S/C11H20N2O2/c12-5-3-10(15)13-6-9-2-1-4-11(9,7-13)8-14/h9,14H,1-8,12H2/t9-,11+/m1/s1. The number of amides is 1. The summed E-state index contributed by atoms with van der Waals surface area (Å²) in [5, 5.41) is 9.49. The van der Waals surface area contributed by atoms with Crippen LogP contribution in [0.15, 0.2) is 0 Å². The summed E-state index contributed by atoms with van der Waals surface area (Å²) in [6, 6.07) is 0. The highest BCUT2D eigenvalue weighted by atomic mass is 16.3. The number of rotatable bonds is 3. The van der Waals surface area contributed by atoms with E-state index in [0.717, 1.165) is 25.9 Å². The van der Waals surface area contributed by atoms with Crippen molar-refractivity contribution in [2.24, 2.45) is 17.1 Å². The zero-order chi connectivity index (χ0) is 10.9. The lowest BCUT2D eigenvalue weighted by Gasteiger charge is -2.25. The third-order valence-electron chi connectivity index (χ3n) is 4.07. The van der Waals surface area contributed by atoms with Crippen molar-refractivity contribution < 1.29 is 9.90 Å². The maximum Gasteiger partial charge on any atom is 0.223 e. The van der Waals surface area contributed by atoms with Gasteiger partial charge in [0.15, 0.2) is 0 Å². The van der Waals surface area contributed by atoms with Crippen LogP contribution in [-0.2, 0) is 4.79 Å². The second-order valence-electron chi connectivity index (χ2n) is 4.92. The lowest BCUT2D eigenvalue weighted by Crippen LogP contribution is -2.34. The van der Waals surface area contributed by atoms with E-state index in [0.29, 0.717) is 18.9 Å². The summed E-state index contributed by atoms with van der Waals surface area (Å²) in [6.07, 6.45) is 3.87. The lowest BCUT2D eigenvalue weighted by molar-refractivity contribution is -0.130. The van der Waals surface area contributed by atoms with Crippen LogP contribution in [0.3, 0.4) is 0 Å². The fourth-order valence-electron chi connectivity index (χ4n) is 3.14. The number of carbonyl (C=O) groups is 1. The molecule has 0 aromatic rings. The molecule has 1 saturated carbocycles. The van der Waals surface area contributed by atoms with Crippen molar-refractivity contribution in [1.29, 1.82) is 0 Å². The highest BCUT2D eigenvalue weighted by molar-refractivity contribution is 5.76. The monoisotopic (exact) mass is 212 g/mol. The highest BCUT2D eigenvalue weighted by Gasteiger charge is 2.49. The fraction of sp³-hybridized carbons (Fsp3) is 0.909. The van der Waals surface area contributed by atoms with Crippen LogP contribution in [0.5, 0.6) is 0 Å². The quantitative estimate of drug-likeness (QED) is 0.689. The molecule has 1 amide bonds. The first-order valence-corrected chi connectivity index (χ1v) is 5.80. The SMILES string of the molecule is NCCC(=O)N1C[C@H]2CCC[C@@]2(CO)C1. The van der Waals surface area contributed by atoms with E-state index in [1.54, 1.807) is 0 Å². The first-order chi connectivity index (χ1) is 7.22. The van der Waals surface area contributed by atoms with Crippen LogP contribution < -0.4 is 5.73 Å². The van der Waals surface area contributed by atoms with Gasteiger partial charge in [0.2, 0.25) is 5.91 Å². The summed E-state index contributed by atoms with van der Waals surface area (Å²) in [7, 11) is 0. The van der Waals surface area contributed by atoms with Gasteiger partial charge in [-0.2, -0.15) is 0 Å². The average Bonchev–Trinajstić information content (AvgIpc) is 2.73. The molecule has 0 aromatic carbocycles. The van der Waals surface area contributed by atoms with Gasteiger partial charge < -0.3 is 15.7 Å². The molecular formula is C11H20N2O2. The molecule has 0 spiro atoms. The van der Waals surface area contributed by atoms with Gasteiger partial charge in [-0.3, -0.25) is 4.79 Å². The summed E-state index contributed by atoms with van der Waals surface area (Å²) < 4.78 is 0. The molecule has 1 aliphatic heterocycles. The molecule has 1 saturated heterocycles. The minimum atomic E-state index is 0.0181. The molecule has 4 nitrogen and oxygen atoms in total. The van der Waals surface area contributed by atoms with Crippen molar-refractivity contribution >= 4 is 5.91 Å². The number of nitrogens with two attached hydrogens (primary N) is 1. The fourth-order valence-corrected chi connectivity index (χ4v) is 3.14. The number of aliphatic hydroxyl groups excluding tert-OH is 1. The summed E-state index contributed by atoms with van der Waals surface area (Å²) in [5.74, 6) is 0.670. The predicted molar refractivity (Wildman–Crippen MR) is 57.1 cm³/mol. The third kappa shape index (κ3) is 1.76. The van der Waals surface area contributed by atoms with Crippen molar-refractivity contribution in [3.05, 3.63) is 0 Å². The molecule has 1 aliphatic carbocycles. The van der Waals surface area contributed by atoms with E-state index in [9.17, 15) is 9.90 Å². The van der Waals surface area contributed by atoms with Crippen molar-refractivity contribution in [1.82, 2.24) is 4.90 Å². The lowest BCUT2D eigenvalue weighted by atomic mass is 9.82. The summed E-state index contributed by atoms with van der Waals surface area (Å²) in [6.45, 7) is 2.22. The van der Waals surface area contributed by atoms with Crippen LogP contribution in [0, 0.1) is 11.3 Å². The Morgan fingerprint density at radius 2 is 2.40 bits per heavy atom. The van der Waals surface area contributed by atoms with Crippen molar-refractivity contribution in [3.8, 4) is 0 Å². The van der Waals surface area contributed by atoms with E-state index in [1.807, 2.05) is 4.90 Å². The second-order valence-corrected chi connectivity index (χ2v) is 4.92. The van der Waals surface area contributed by atoms with Crippen LogP contribution in [0.4, 0.5) is 0 Å². The first-order valence-electron chi connectivity index (χ1n) is 5.80. The molecular weight excluding hydrogens is 192 g/mol. The third-order valence-corrected chi connectivity index (χ3v) is 4.07. The molecule has 0 radical (unpaired) electrons. The number of carbonyl (C=O) groups excluding carboxylic acids is 1. The average molecular weight is 212 g/mol. The van der Waals surface area contributed by atoms with E-state index in [2.05, 4.69) is 0 Å². The van der Waals surface area contributed by atoms with Crippen LogP contribution in [0.2, 0.25) is 0 Å². The Labute approximate surface area is 90.4 Å². The molecule has 15 heavy (non-hydrogen) atoms. The van der Waals surface area contributed by atoms with Gasteiger partial charge in [0.05, 0.1) is 6.61 Å². The number of aliphatic hydroxyl groups is 1. The molecule has 0 unspecified atom stereocenters. The smallest absolute Gasteiger partial charge is 0.223 e. The second kappa shape index (κ2) is 4.10. The number of likely N-dealkylation sites (tertiary alicyclic amines) is 1. The molecule has 3 N–H and O–H groups in total. The van der Waals surface area contributed by atoms with Crippen LogP contribution in [0.1, 0.15) is 25.7 Å². The number of hydrogen-bond acceptors (Lipinski definition) is 3. The van der Waals surface area contributed by atoms with Gasteiger partial charge >= 0.3 is 0 Å². The molecule has 2 rings (SSSR count). The number of hydrogen-bond donors (Lipinski definition) is 2. The molecule has 0 bridgehead atoms. The Morgan fingerprint density at radius 3 is 3.00 bits per heavy atom. The molecule has 2 fully saturated rings. The molecule has 2 atom stereocenters. The molecule has 2 aliphatic rings. The van der Waals surface area contributed by atoms with Crippen molar-refractivity contribution in [3.63, 3.8) is 0 Å². The predicted octanol–water partition coefficient (Wildman–Crippen LogP) is -0.0438. The van der Waals surface area contributed by atoms with Gasteiger partial charge in [0.25, 0.3) is 0 Å². The summed E-state index contributed by atoms with van der Waals surface area (Å²) in [5.41, 5.74) is 5.40. The van der Waals surface area contributed by atoms with Gasteiger partial charge in [-0.05, 0) is 18.8 Å².